The summed E-state index contributed by atoms with van der Waals surface area (Å²) >= 11 is 6.86. The Morgan fingerprint density at radius 3 is 2.76 bits per heavy atom. The molecular weight excluding hydrogens is 429 g/mol. The van der Waals surface area contributed by atoms with Gasteiger partial charge in [-0.2, -0.15) is 17.9 Å². The third-order valence-electron chi connectivity index (χ3n) is 4.00. The maximum absolute atomic E-state index is 12.7. The first-order valence-electron chi connectivity index (χ1n) is 8.17. The first-order chi connectivity index (χ1) is 13.7. The normalized spacial score (nSPS) is 11.5. The van der Waals surface area contributed by atoms with E-state index in [1.807, 2.05) is 32.0 Å². The lowest BCUT2D eigenvalue weighted by atomic mass is 10.1. The van der Waals surface area contributed by atoms with E-state index in [-0.39, 0.29) is 16.6 Å². The van der Waals surface area contributed by atoms with Crippen molar-refractivity contribution in [1.29, 1.82) is 0 Å². The van der Waals surface area contributed by atoms with Crippen LogP contribution in [0.2, 0.25) is 5.02 Å². The van der Waals surface area contributed by atoms with Gasteiger partial charge in [-0.15, -0.1) is 5.10 Å². The number of hydrogen-bond donors (Lipinski definition) is 1. The Kier molecular flexibility index (Phi) is 6.08. The fraction of sp³-hybridized carbons (Fsp3) is 0.235. The molecule has 0 bridgehead atoms. The first-order valence-corrected chi connectivity index (χ1v) is 9.53. The predicted octanol–water partition coefficient (Wildman–Crippen LogP) is 4.08. The second-order valence-corrected chi connectivity index (χ2v) is 7.33. The minimum absolute atomic E-state index is 0.0930. The number of thioether (sulfide) groups is 1. The number of halogens is 4. The Hall–Kier alpha value is -2.66. The van der Waals surface area contributed by atoms with E-state index >= 15 is 0 Å². The number of anilines is 1. The molecule has 0 unspecified atom stereocenters. The minimum Gasteiger partial charge on any atom is -0.309 e. The number of nitrogens with one attached hydrogen (secondary N) is 1. The molecule has 1 aromatic carbocycles. The molecule has 0 aliphatic heterocycles. The molecule has 12 heteroatoms. The second-order valence-electron chi connectivity index (χ2n) is 5.98. The molecule has 152 valence electrons. The van der Waals surface area contributed by atoms with Crippen LogP contribution in [-0.2, 0) is 11.0 Å². The van der Waals surface area contributed by atoms with Gasteiger partial charge in [0, 0.05) is 6.20 Å². The van der Waals surface area contributed by atoms with Crippen LogP contribution in [0, 0.1) is 13.8 Å². The summed E-state index contributed by atoms with van der Waals surface area (Å²) in [5.41, 5.74) is 1.84. The number of tetrazole rings is 1. The summed E-state index contributed by atoms with van der Waals surface area (Å²) in [5.74, 6) is -0.761. The van der Waals surface area contributed by atoms with Crippen LogP contribution in [0.25, 0.3) is 5.69 Å². The van der Waals surface area contributed by atoms with Crippen molar-refractivity contribution < 1.29 is 18.0 Å². The number of nitrogens with zero attached hydrogens (tertiary/aromatic N) is 5. The molecule has 7 nitrogen and oxygen atoms in total. The van der Waals surface area contributed by atoms with Gasteiger partial charge in [-0.3, -0.25) is 4.79 Å². The van der Waals surface area contributed by atoms with Crippen molar-refractivity contribution in [3.63, 3.8) is 0 Å². The third-order valence-corrected chi connectivity index (χ3v) is 5.21. The lowest BCUT2D eigenvalue weighted by Gasteiger charge is -2.11. The van der Waals surface area contributed by atoms with Gasteiger partial charge in [0.25, 0.3) is 0 Å². The molecule has 0 saturated carbocycles. The van der Waals surface area contributed by atoms with Crippen molar-refractivity contribution in [3.8, 4) is 5.69 Å². The van der Waals surface area contributed by atoms with Crippen LogP contribution in [0.3, 0.4) is 0 Å². The standard InChI is InChI=1S/C17H14ClF3N6OS/c1-9-4-3-5-13(10(9)2)27-16(24-25-26-27)29-8-14(28)23-15-12(18)6-11(7-22-15)17(19,20)21/h3-7H,8H2,1-2H3,(H,22,23,28). The van der Waals surface area contributed by atoms with Crippen molar-refractivity contribution in [2.75, 3.05) is 11.1 Å². The lowest BCUT2D eigenvalue weighted by molar-refractivity contribution is -0.137. The van der Waals surface area contributed by atoms with E-state index in [2.05, 4.69) is 25.8 Å². The average molecular weight is 443 g/mol. The van der Waals surface area contributed by atoms with E-state index in [1.165, 1.54) is 4.68 Å². The van der Waals surface area contributed by atoms with Gasteiger partial charge in [-0.1, -0.05) is 35.5 Å². The molecule has 0 fully saturated rings. The molecule has 0 aliphatic rings. The van der Waals surface area contributed by atoms with Crippen LogP contribution in [0.1, 0.15) is 16.7 Å². The number of benzene rings is 1. The molecule has 3 rings (SSSR count). The van der Waals surface area contributed by atoms with Crippen LogP contribution in [0.5, 0.6) is 0 Å². The molecule has 0 spiro atoms. The Bertz CT molecular complexity index is 1060. The zero-order valence-electron chi connectivity index (χ0n) is 15.2. The zero-order chi connectivity index (χ0) is 21.2. The Morgan fingerprint density at radius 2 is 2.07 bits per heavy atom. The van der Waals surface area contributed by atoms with E-state index in [0.717, 1.165) is 28.6 Å². The Morgan fingerprint density at radius 1 is 1.31 bits per heavy atom. The second kappa shape index (κ2) is 8.37. The largest absolute Gasteiger partial charge is 0.417 e. The highest BCUT2D eigenvalue weighted by molar-refractivity contribution is 7.99. The highest BCUT2D eigenvalue weighted by Gasteiger charge is 2.31. The number of carbonyl (C=O) groups excluding carboxylic acids is 1. The van der Waals surface area contributed by atoms with E-state index in [9.17, 15) is 18.0 Å². The molecule has 2 heterocycles. The molecule has 0 radical (unpaired) electrons. The van der Waals surface area contributed by atoms with Gasteiger partial charge in [0.05, 0.1) is 22.0 Å². The van der Waals surface area contributed by atoms with Crippen molar-refractivity contribution in [2.45, 2.75) is 25.2 Å². The molecule has 2 aromatic heterocycles. The summed E-state index contributed by atoms with van der Waals surface area (Å²) in [6.45, 7) is 3.90. The number of hydrogen-bond acceptors (Lipinski definition) is 6. The SMILES string of the molecule is Cc1cccc(-n2nnnc2SCC(=O)Nc2ncc(C(F)(F)F)cc2Cl)c1C. The van der Waals surface area contributed by atoms with Gasteiger partial charge in [0.15, 0.2) is 5.82 Å². The molecule has 0 saturated heterocycles. The molecule has 29 heavy (non-hydrogen) atoms. The van der Waals surface area contributed by atoms with Crippen LogP contribution in [-0.4, -0.2) is 36.9 Å². The fourth-order valence-corrected chi connectivity index (χ4v) is 3.27. The van der Waals surface area contributed by atoms with Gasteiger partial charge in [0.2, 0.25) is 11.1 Å². The highest BCUT2D eigenvalue weighted by atomic mass is 35.5. The number of aryl methyl sites for hydroxylation is 1. The van der Waals surface area contributed by atoms with Gasteiger partial charge in [-0.25, -0.2) is 4.98 Å². The van der Waals surface area contributed by atoms with Gasteiger partial charge in [0.1, 0.15) is 0 Å². The lowest BCUT2D eigenvalue weighted by Crippen LogP contribution is -2.16. The van der Waals surface area contributed by atoms with Gasteiger partial charge < -0.3 is 5.32 Å². The maximum Gasteiger partial charge on any atom is 0.417 e. The summed E-state index contributed by atoms with van der Waals surface area (Å²) in [6.07, 6.45) is -3.96. The maximum atomic E-state index is 12.7. The van der Waals surface area contributed by atoms with E-state index in [1.54, 1.807) is 0 Å². The van der Waals surface area contributed by atoms with E-state index in [4.69, 9.17) is 11.6 Å². The average Bonchev–Trinajstić information content (AvgIpc) is 3.11. The number of pyridine rings is 1. The highest BCUT2D eigenvalue weighted by Crippen LogP contribution is 2.32. The van der Waals surface area contributed by atoms with Crippen molar-refractivity contribution in [2.24, 2.45) is 0 Å². The molecule has 1 amide bonds. The van der Waals surface area contributed by atoms with Gasteiger partial charge >= 0.3 is 6.18 Å². The number of rotatable bonds is 5. The summed E-state index contributed by atoms with van der Waals surface area (Å²) in [4.78, 5) is 15.8. The van der Waals surface area contributed by atoms with Crippen LogP contribution < -0.4 is 5.32 Å². The summed E-state index contributed by atoms with van der Waals surface area (Å²) < 4.78 is 39.5. The number of aromatic nitrogens is 5. The summed E-state index contributed by atoms with van der Waals surface area (Å²) in [7, 11) is 0. The zero-order valence-corrected chi connectivity index (χ0v) is 16.7. The first kappa shape index (κ1) is 21.1. The number of amides is 1. The monoisotopic (exact) mass is 442 g/mol. The molecule has 0 aliphatic carbocycles. The molecule has 0 atom stereocenters. The summed E-state index contributed by atoms with van der Waals surface area (Å²) in [6, 6.07) is 6.40. The molecule has 3 aromatic rings. The van der Waals surface area contributed by atoms with Crippen molar-refractivity contribution >= 4 is 35.1 Å². The quantitative estimate of drug-likeness (QED) is 0.599. The van der Waals surface area contributed by atoms with E-state index in [0.29, 0.717) is 17.4 Å². The fourth-order valence-electron chi connectivity index (χ4n) is 2.37. The van der Waals surface area contributed by atoms with Crippen LogP contribution in [0.4, 0.5) is 19.0 Å². The van der Waals surface area contributed by atoms with Crippen LogP contribution in [0.15, 0.2) is 35.6 Å². The predicted molar refractivity (Wildman–Crippen MR) is 102 cm³/mol. The topological polar surface area (TPSA) is 85.6 Å². The molecule has 1 N–H and O–H groups in total. The Balaban J connectivity index is 1.68. The minimum atomic E-state index is -4.57. The smallest absolute Gasteiger partial charge is 0.309 e. The third kappa shape index (κ3) is 4.85. The van der Waals surface area contributed by atoms with Crippen molar-refractivity contribution in [1.82, 2.24) is 25.2 Å². The summed E-state index contributed by atoms with van der Waals surface area (Å²) in [5, 5.41) is 14.0. The van der Waals surface area contributed by atoms with Crippen molar-refractivity contribution in [3.05, 3.63) is 52.2 Å². The van der Waals surface area contributed by atoms with Crippen LogP contribution >= 0.6 is 23.4 Å². The van der Waals surface area contributed by atoms with E-state index < -0.39 is 17.6 Å². The molecular formula is C17H14ClF3N6OS. The Labute approximate surface area is 172 Å². The van der Waals surface area contributed by atoms with Gasteiger partial charge in [-0.05, 0) is 47.5 Å². The number of alkyl halides is 3. The number of carbonyl (C=O) groups is 1.